The molecule has 54 heavy (non-hydrogen) atoms. The molecule has 1 saturated heterocycles. The fourth-order valence-corrected chi connectivity index (χ4v) is 6.37. The van der Waals surface area contributed by atoms with Crippen LogP contribution in [0.25, 0.3) is 0 Å². The summed E-state index contributed by atoms with van der Waals surface area (Å²) >= 11 is 0. The average Bonchev–Trinajstić information content (AvgIpc) is 3.66. The molecule has 0 saturated carbocycles. The van der Waals surface area contributed by atoms with E-state index in [-0.39, 0.29) is 37.6 Å². The molecule has 0 spiro atoms. The third-order valence-corrected chi connectivity index (χ3v) is 9.41. The molecule has 8 N–H and O–H groups in total. The van der Waals surface area contributed by atoms with Gasteiger partial charge in [0.1, 0.15) is 18.1 Å². The van der Waals surface area contributed by atoms with Crippen molar-refractivity contribution < 1.29 is 38.7 Å². The van der Waals surface area contributed by atoms with Gasteiger partial charge in [0.2, 0.25) is 23.6 Å². The molecule has 4 amide bonds. The summed E-state index contributed by atoms with van der Waals surface area (Å²) < 4.78 is 10.4. The zero-order valence-corrected chi connectivity index (χ0v) is 32.1. The van der Waals surface area contributed by atoms with Crippen LogP contribution in [0.5, 0.6) is 0 Å². The van der Waals surface area contributed by atoms with Crippen molar-refractivity contribution in [2.75, 3.05) is 53.1 Å². The van der Waals surface area contributed by atoms with Gasteiger partial charge in [-0.25, -0.2) is 0 Å². The third-order valence-electron chi connectivity index (χ3n) is 9.41. The van der Waals surface area contributed by atoms with Crippen molar-refractivity contribution in [3.05, 3.63) is 71.8 Å². The van der Waals surface area contributed by atoms with Crippen molar-refractivity contribution in [2.45, 2.75) is 88.8 Å². The maximum Gasteiger partial charge on any atom is 0.456 e. The highest BCUT2D eigenvalue weighted by atomic mass is 16.5. The van der Waals surface area contributed by atoms with Crippen molar-refractivity contribution in [3.8, 4) is 0 Å². The van der Waals surface area contributed by atoms with E-state index in [1.165, 1.54) is 0 Å². The lowest BCUT2D eigenvalue weighted by molar-refractivity contribution is -0.137. The second kappa shape index (κ2) is 24.5. The summed E-state index contributed by atoms with van der Waals surface area (Å²) in [6.45, 7) is 7.35. The summed E-state index contributed by atoms with van der Waals surface area (Å²) in [5.41, 5.74) is 7.98. The normalized spacial score (nSPS) is 16.4. The quantitative estimate of drug-likeness (QED) is 0.0562. The number of amides is 4. The Morgan fingerprint density at radius 2 is 1.43 bits per heavy atom. The molecule has 14 nitrogen and oxygen atoms in total. The van der Waals surface area contributed by atoms with Gasteiger partial charge in [0.25, 0.3) is 0 Å². The highest BCUT2D eigenvalue weighted by molar-refractivity contribution is 6.43. The smallest absolute Gasteiger partial charge is 0.427 e. The van der Waals surface area contributed by atoms with Gasteiger partial charge in [0.15, 0.2) is 0 Å². The zero-order valence-electron chi connectivity index (χ0n) is 32.1. The minimum absolute atomic E-state index is 0.00611. The van der Waals surface area contributed by atoms with Crippen molar-refractivity contribution in [3.63, 3.8) is 0 Å². The molecule has 0 bridgehead atoms. The Morgan fingerprint density at radius 3 is 2.04 bits per heavy atom. The highest BCUT2D eigenvalue weighted by Crippen LogP contribution is 2.24. The van der Waals surface area contributed by atoms with E-state index in [0.717, 1.165) is 17.5 Å². The summed E-state index contributed by atoms with van der Waals surface area (Å²) in [6, 6.07) is 14.8. The first-order valence-electron chi connectivity index (χ1n) is 19.1. The number of hydrogen-bond acceptors (Lipinski definition) is 10. The van der Waals surface area contributed by atoms with E-state index in [1.807, 2.05) is 74.5 Å². The van der Waals surface area contributed by atoms with Crippen molar-refractivity contribution >= 4 is 30.7 Å². The molecule has 15 heteroatoms. The number of rotatable bonds is 25. The van der Waals surface area contributed by atoms with Crippen LogP contribution in [0.1, 0.15) is 57.1 Å². The number of nitrogens with zero attached hydrogens (tertiary/aromatic N) is 1. The standard InChI is InChI=1S/C39H61BN6O8/c1-28(2)24-34(45-38(49)35(26-30-14-8-5-9-15-30)44-36(47)32(41)25-29-12-6-4-7-13-29)37(48)43-33(39(50)46-20-17-31(27-46)40(51)52)16-10-11-18-42-19-21-54-23-22-53-3/h4-9,12-15,28,31-35,42,51-52H,10-11,16-27,41H2,1-3H3,(H,43,48)(H,44,47)(H,45,49)/t31?,32-,33-,34-,35-/m1/s1. The molecular formula is C39H61BN6O8. The van der Waals surface area contributed by atoms with Crippen LogP contribution < -0.4 is 27.0 Å². The van der Waals surface area contributed by atoms with Gasteiger partial charge >= 0.3 is 7.12 Å². The van der Waals surface area contributed by atoms with Crippen LogP contribution >= 0.6 is 0 Å². The van der Waals surface area contributed by atoms with Crippen LogP contribution in [0.15, 0.2) is 60.7 Å². The van der Waals surface area contributed by atoms with E-state index in [4.69, 9.17) is 15.2 Å². The molecule has 1 unspecified atom stereocenters. The Hall–Kier alpha value is -3.86. The minimum Gasteiger partial charge on any atom is -0.427 e. The highest BCUT2D eigenvalue weighted by Gasteiger charge is 2.37. The lowest BCUT2D eigenvalue weighted by atomic mass is 9.72. The minimum atomic E-state index is -1.54. The SMILES string of the molecule is COCCOCCNCCCC[C@@H](NC(=O)[C@@H](CC(C)C)NC(=O)[C@@H](Cc1ccccc1)NC(=O)[C@H](N)Cc1ccccc1)C(=O)N1CCC(B(O)O)C1. The van der Waals surface area contributed by atoms with Crippen LogP contribution in [-0.4, -0.2) is 123 Å². The number of carbonyl (C=O) groups is 4. The van der Waals surface area contributed by atoms with Gasteiger partial charge in [0, 0.05) is 39.0 Å². The number of hydrogen-bond donors (Lipinski definition) is 7. The van der Waals surface area contributed by atoms with Gasteiger partial charge < -0.3 is 51.4 Å². The number of methoxy groups -OCH3 is 1. The topological polar surface area (TPSA) is 205 Å². The van der Waals surface area contributed by atoms with E-state index in [1.54, 1.807) is 12.0 Å². The second-order valence-electron chi connectivity index (χ2n) is 14.4. The van der Waals surface area contributed by atoms with Gasteiger partial charge in [-0.3, -0.25) is 19.2 Å². The molecule has 2 aromatic rings. The van der Waals surface area contributed by atoms with E-state index in [9.17, 15) is 29.2 Å². The van der Waals surface area contributed by atoms with Crippen molar-refractivity contribution in [1.82, 2.24) is 26.2 Å². The number of ether oxygens (including phenoxy) is 2. The molecule has 1 fully saturated rings. The number of carbonyl (C=O) groups excluding carboxylic acids is 4. The van der Waals surface area contributed by atoms with Crippen LogP contribution in [0, 0.1) is 5.92 Å². The predicted octanol–water partition coefficient (Wildman–Crippen LogP) is 0.798. The van der Waals surface area contributed by atoms with Crippen molar-refractivity contribution in [1.29, 1.82) is 0 Å². The first-order chi connectivity index (χ1) is 26.0. The Labute approximate surface area is 320 Å². The van der Waals surface area contributed by atoms with Crippen LogP contribution in [-0.2, 0) is 41.5 Å². The van der Waals surface area contributed by atoms with E-state index in [0.29, 0.717) is 58.7 Å². The first-order valence-corrected chi connectivity index (χ1v) is 19.1. The van der Waals surface area contributed by atoms with Gasteiger partial charge in [-0.15, -0.1) is 0 Å². The molecule has 1 aliphatic heterocycles. The summed E-state index contributed by atoms with van der Waals surface area (Å²) in [6.07, 6.45) is 2.92. The van der Waals surface area contributed by atoms with Crippen LogP contribution in [0.4, 0.5) is 0 Å². The number of benzene rings is 2. The van der Waals surface area contributed by atoms with Gasteiger partial charge in [-0.05, 0) is 62.1 Å². The Bertz CT molecular complexity index is 1410. The van der Waals surface area contributed by atoms with Gasteiger partial charge in [-0.1, -0.05) is 74.5 Å². The summed E-state index contributed by atoms with van der Waals surface area (Å²) in [5.74, 6) is -2.31. The Kier molecular flexibility index (Phi) is 20.2. The fraction of sp³-hybridized carbons (Fsp3) is 0.590. The maximum absolute atomic E-state index is 14.0. The molecule has 0 radical (unpaired) electrons. The fourth-order valence-electron chi connectivity index (χ4n) is 6.37. The summed E-state index contributed by atoms with van der Waals surface area (Å²) in [7, 11) is 0.0828. The number of unbranched alkanes of at least 4 members (excludes halogenated alkanes) is 1. The lowest BCUT2D eigenvalue weighted by Gasteiger charge is -2.28. The van der Waals surface area contributed by atoms with Crippen LogP contribution in [0.2, 0.25) is 5.82 Å². The summed E-state index contributed by atoms with van der Waals surface area (Å²) in [5, 5.41) is 31.4. The lowest BCUT2D eigenvalue weighted by Crippen LogP contribution is -2.58. The molecule has 1 aliphatic rings. The van der Waals surface area contributed by atoms with Gasteiger partial charge in [-0.2, -0.15) is 0 Å². The van der Waals surface area contributed by atoms with Crippen molar-refractivity contribution in [2.24, 2.45) is 11.7 Å². The largest absolute Gasteiger partial charge is 0.456 e. The Balaban J connectivity index is 1.71. The second-order valence-corrected chi connectivity index (χ2v) is 14.4. The number of likely N-dealkylation sites (tertiary alicyclic amines) is 1. The van der Waals surface area contributed by atoms with E-state index >= 15 is 0 Å². The molecule has 1 heterocycles. The zero-order chi connectivity index (χ0) is 39.3. The molecule has 0 aliphatic carbocycles. The predicted molar refractivity (Wildman–Crippen MR) is 208 cm³/mol. The average molecular weight is 753 g/mol. The maximum atomic E-state index is 14.0. The first kappa shape index (κ1) is 44.5. The van der Waals surface area contributed by atoms with Crippen LogP contribution in [0.3, 0.4) is 0 Å². The molecular weight excluding hydrogens is 691 g/mol. The molecule has 2 aromatic carbocycles. The monoisotopic (exact) mass is 752 g/mol. The van der Waals surface area contributed by atoms with E-state index < -0.39 is 54.8 Å². The Morgan fingerprint density at radius 1 is 0.815 bits per heavy atom. The van der Waals surface area contributed by atoms with E-state index in [2.05, 4.69) is 21.3 Å². The number of nitrogens with one attached hydrogen (secondary N) is 4. The molecule has 5 atom stereocenters. The van der Waals surface area contributed by atoms with Gasteiger partial charge in [0.05, 0.1) is 25.9 Å². The summed E-state index contributed by atoms with van der Waals surface area (Å²) in [4.78, 5) is 56.6. The number of nitrogens with two attached hydrogens (primary N) is 1. The molecule has 298 valence electrons. The molecule has 0 aromatic heterocycles. The third kappa shape index (κ3) is 16.3. The molecule has 3 rings (SSSR count).